The lowest BCUT2D eigenvalue weighted by molar-refractivity contribution is -0.122. The molecule has 0 aromatic heterocycles. The van der Waals surface area contributed by atoms with Gasteiger partial charge in [-0.1, -0.05) is 29.3 Å². The Morgan fingerprint density at radius 3 is 2.25 bits per heavy atom. The Morgan fingerprint density at radius 1 is 0.875 bits per heavy atom. The van der Waals surface area contributed by atoms with Gasteiger partial charge in [0.15, 0.2) is 5.78 Å². The third-order valence-corrected chi connectivity index (χ3v) is 3.75. The van der Waals surface area contributed by atoms with Crippen molar-refractivity contribution in [2.24, 2.45) is 0 Å². The number of anilines is 1. The molecule has 2 aromatic carbocycles. The van der Waals surface area contributed by atoms with E-state index in [1.165, 1.54) is 0 Å². The molecule has 2 aromatic rings. The summed E-state index contributed by atoms with van der Waals surface area (Å²) in [6.07, 6.45) is -0.211. The molecule has 0 radical (unpaired) electrons. The molecule has 0 heterocycles. The largest absolute Gasteiger partial charge is 0.326 e. The lowest BCUT2D eigenvalue weighted by atomic mass is 10.0. The van der Waals surface area contributed by atoms with Crippen LogP contribution in [0, 0.1) is 0 Å². The Kier molecular flexibility index (Phi) is 6.53. The van der Waals surface area contributed by atoms with E-state index in [2.05, 4.69) is 5.32 Å². The maximum atomic E-state index is 12.0. The number of benzene rings is 2. The molecule has 0 aliphatic carbocycles. The van der Waals surface area contributed by atoms with E-state index in [1.54, 1.807) is 48.5 Å². The van der Waals surface area contributed by atoms with E-state index in [4.69, 9.17) is 23.2 Å². The fraction of sp³-hybridized carbons (Fsp3) is 0.167. The lowest BCUT2D eigenvalue weighted by Crippen LogP contribution is -2.15. The van der Waals surface area contributed by atoms with E-state index in [-0.39, 0.29) is 36.7 Å². The molecule has 0 fully saturated rings. The van der Waals surface area contributed by atoms with Gasteiger partial charge in [0.1, 0.15) is 5.78 Å². The zero-order chi connectivity index (χ0) is 17.5. The standard InChI is InChI=1S/C18H15Cl2NO3/c19-13-6-4-12(5-7-13)17(23)11-16(22)8-9-18(24)21-15-3-1-2-14(20)10-15/h1-7,10H,8-9,11H2,(H,21,24). The third-order valence-electron chi connectivity index (χ3n) is 3.26. The van der Waals surface area contributed by atoms with Gasteiger partial charge in [0, 0.05) is 34.1 Å². The molecule has 0 atom stereocenters. The van der Waals surface area contributed by atoms with Crippen LogP contribution in [0.25, 0.3) is 0 Å². The van der Waals surface area contributed by atoms with E-state index >= 15 is 0 Å². The summed E-state index contributed by atoms with van der Waals surface area (Å²) >= 11 is 11.6. The minimum atomic E-state index is -0.301. The minimum Gasteiger partial charge on any atom is -0.326 e. The van der Waals surface area contributed by atoms with Crippen molar-refractivity contribution < 1.29 is 14.4 Å². The van der Waals surface area contributed by atoms with Gasteiger partial charge in [-0.15, -0.1) is 0 Å². The van der Waals surface area contributed by atoms with E-state index in [0.717, 1.165) is 0 Å². The van der Waals surface area contributed by atoms with Gasteiger partial charge in [-0.05, 0) is 42.5 Å². The molecule has 1 N–H and O–H groups in total. The molecule has 124 valence electrons. The highest BCUT2D eigenvalue weighted by molar-refractivity contribution is 6.31. The maximum absolute atomic E-state index is 12.0. The van der Waals surface area contributed by atoms with E-state index in [1.807, 2.05) is 0 Å². The van der Waals surface area contributed by atoms with E-state index in [0.29, 0.717) is 21.3 Å². The second-order valence-corrected chi connectivity index (χ2v) is 6.08. The zero-order valence-electron chi connectivity index (χ0n) is 12.7. The number of nitrogens with one attached hydrogen (secondary N) is 1. The summed E-state index contributed by atoms with van der Waals surface area (Å²) in [5.41, 5.74) is 0.994. The average molecular weight is 364 g/mol. The number of carbonyl (C=O) groups excluding carboxylic acids is 3. The van der Waals surface area contributed by atoms with Crippen LogP contribution in [0.3, 0.4) is 0 Å². The molecule has 0 saturated carbocycles. The summed E-state index contributed by atoms with van der Waals surface area (Å²) in [7, 11) is 0. The second-order valence-electron chi connectivity index (χ2n) is 5.20. The predicted molar refractivity (Wildman–Crippen MR) is 94.7 cm³/mol. The molecule has 0 spiro atoms. The Labute approximate surface area is 149 Å². The van der Waals surface area contributed by atoms with Crippen molar-refractivity contribution in [3.8, 4) is 0 Å². The summed E-state index contributed by atoms with van der Waals surface area (Å²) in [6, 6.07) is 13.1. The number of amides is 1. The van der Waals surface area contributed by atoms with Crippen molar-refractivity contribution in [3.63, 3.8) is 0 Å². The lowest BCUT2D eigenvalue weighted by Gasteiger charge is -2.05. The van der Waals surface area contributed by atoms with Crippen molar-refractivity contribution >= 4 is 46.4 Å². The normalized spacial score (nSPS) is 10.2. The Balaban J connectivity index is 1.79. The first kappa shape index (κ1) is 18.2. The van der Waals surface area contributed by atoms with Gasteiger partial charge in [0.05, 0.1) is 6.42 Å². The van der Waals surface area contributed by atoms with Crippen LogP contribution in [0.1, 0.15) is 29.6 Å². The average Bonchev–Trinajstić information content (AvgIpc) is 2.53. The fourth-order valence-corrected chi connectivity index (χ4v) is 2.36. The number of hydrogen-bond acceptors (Lipinski definition) is 3. The molecule has 0 unspecified atom stereocenters. The first-order chi connectivity index (χ1) is 11.4. The van der Waals surface area contributed by atoms with Crippen molar-refractivity contribution in [3.05, 3.63) is 64.1 Å². The van der Waals surface area contributed by atoms with Crippen LogP contribution in [0.4, 0.5) is 5.69 Å². The monoisotopic (exact) mass is 363 g/mol. The smallest absolute Gasteiger partial charge is 0.224 e. The summed E-state index contributed by atoms with van der Waals surface area (Å²) in [6.45, 7) is 0. The van der Waals surface area contributed by atoms with Gasteiger partial charge >= 0.3 is 0 Å². The van der Waals surface area contributed by atoms with Crippen molar-refractivity contribution in [1.82, 2.24) is 0 Å². The summed E-state index contributed by atoms with van der Waals surface area (Å²) in [4.78, 5) is 35.6. The molecular formula is C18H15Cl2NO3. The van der Waals surface area contributed by atoms with Crippen LogP contribution >= 0.6 is 23.2 Å². The SMILES string of the molecule is O=C(CCC(=O)Nc1cccc(Cl)c1)CC(=O)c1ccc(Cl)cc1. The Bertz CT molecular complexity index is 757. The van der Waals surface area contributed by atoms with Crippen LogP contribution < -0.4 is 5.32 Å². The summed E-state index contributed by atoms with van der Waals surface area (Å²) in [5, 5.41) is 3.69. The highest BCUT2D eigenvalue weighted by atomic mass is 35.5. The van der Waals surface area contributed by atoms with Crippen LogP contribution in [0.2, 0.25) is 10.0 Å². The first-order valence-corrected chi connectivity index (χ1v) is 8.05. The minimum absolute atomic E-state index is 0.00568. The highest BCUT2D eigenvalue weighted by Gasteiger charge is 2.13. The molecule has 1 amide bonds. The van der Waals surface area contributed by atoms with Crippen molar-refractivity contribution in [2.45, 2.75) is 19.3 Å². The van der Waals surface area contributed by atoms with Crippen molar-refractivity contribution in [2.75, 3.05) is 5.32 Å². The van der Waals surface area contributed by atoms with Gasteiger partial charge in [0.2, 0.25) is 5.91 Å². The second kappa shape index (κ2) is 8.62. The van der Waals surface area contributed by atoms with Gasteiger partial charge < -0.3 is 5.32 Å². The molecule has 0 bridgehead atoms. The number of ketones is 2. The number of carbonyl (C=O) groups is 3. The number of Topliss-reactive ketones (excluding diaryl/α,β-unsaturated/α-hetero) is 2. The van der Waals surface area contributed by atoms with Crippen LogP contribution in [0.5, 0.6) is 0 Å². The van der Waals surface area contributed by atoms with E-state index in [9.17, 15) is 14.4 Å². The Hall–Kier alpha value is -2.17. The van der Waals surface area contributed by atoms with Crippen LogP contribution in [0.15, 0.2) is 48.5 Å². The topological polar surface area (TPSA) is 63.2 Å². The van der Waals surface area contributed by atoms with Gasteiger partial charge in [-0.25, -0.2) is 0 Å². The molecule has 0 aliphatic heterocycles. The molecule has 6 heteroatoms. The third kappa shape index (κ3) is 5.80. The Morgan fingerprint density at radius 2 is 1.58 bits per heavy atom. The summed E-state index contributed by atoms with van der Waals surface area (Å²) < 4.78 is 0. The van der Waals surface area contributed by atoms with Crippen molar-refractivity contribution in [1.29, 1.82) is 0 Å². The van der Waals surface area contributed by atoms with Crippen LogP contribution in [-0.2, 0) is 9.59 Å². The molecule has 0 saturated heterocycles. The highest BCUT2D eigenvalue weighted by Crippen LogP contribution is 2.15. The molecule has 24 heavy (non-hydrogen) atoms. The van der Waals surface area contributed by atoms with Gasteiger partial charge in [-0.3, -0.25) is 14.4 Å². The van der Waals surface area contributed by atoms with Gasteiger partial charge in [-0.2, -0.15) is 0 Å². The number of rotatable bonds is 7. The van der Waals surface area contributed by atoms with Gasteiger partial charge in [0.25, 0.3) is 0 Å². The molecule has 4 nitrogen and oxygen atoms in total. The molecule has 0 aliphatic rings. The zero-order valence-corrected chi connectivity index (χ0v) is 14.2. The predicted octanol–water partition coefficient (Wildman–Crippen LogP) is 4.55. The first-order valence-electron chi connectivity index (χ1n) is 7.30. The fourth-order valence-electron chi connectivity index (χ4n) is 2.05. The van der Waals surface area contributed by atoms with E-state index < -0.39 is 0 Å². The molecule has 2 rings (SSSR count). The summed E-state index contributed by atoms with van der Waals surface area (Å²) in [5.74, 6) is -0.868. The van der Waals surface area contributed by atoms with Crippen LogP contribution in [-0.4, -0.2) is 17.5 Å². The number of halogens is 2. The molecular weight excluding hydrogens is 349 g/mol. The quantitative estimate of drug-likeness (QED) is 0.579. The maximum Gasteiger partial charge on any atom is 0.224 e. The number of hydrogen-bond donors (Lipinski definition) is 1.